The highest BCUT2D eigenvalue weighted by molar-refractivity contribution is 5.88. The number of urea groups is 1. The molecular weight excluding hydrogens is 372 g/mol. The summed E-state index contributed by atoms with van der Waals surface area (Å²) in [5.41, 5.74) is 0. The summed E-state index contributed by atoms with van der Waals surface area (Å²) in [6.07, 6.45) is 9.15. The van der Waals surface area contributed by atoms with Crippen LogP contribution in [0.2, 0.25) is 0 Å². The van der Waals surface area contributed by atoms with Crippen LogP contribution in [0.3, 0.4) is 0 Å². The summed E-state index contributed by atoms with van der Waals surface area (Å²) >= 11 is 0. The molecule has 1 saturated carbocycles. The van der Waals surface area contributed by atoms with E-state index in [1.807, 2.05) is 17.0 Å². The summed E-state index contributed by atoms with van der Waals surface area (Å²) in [6, 6.07) is 3.21. The largest absolute Gasteiger partial charge is 0.487 e. The molecule has 8 heteroatoms. The molecule has 4 rings (SSSR count). The molecule has 8 nitrogen and oxygen atoms in total. The lowest BCUT2D eigenvalue weighted by atomic mass is 9.96. The van der Waals surface area contributed by atoms with Gasteiger partial charge >= 0.3 is 6.03 Å². The fourth-order valence-electron chi connectivity index (χ4n) is 4.45. The summed E-state index contributed by atoms with van der Waals surface area (Å²) in [6.45, 7) is 2.63. The molecule has 2 saturated heterocycles. The van der Waals surface area contributed by atoms with E-state index in [1.165, 1.54) is 6.42 Å². The number of rotatable bonds is 4. The molecule has 1 aliphatic carbocycles. The zero-order valence-electron chi connectivity index (χ0n) is 16.8. The highest BCUT2D eigenvalue weighted by atomic mass is 16.5. The van der Waals surface area contributed by atoms with E-state index in [0.29, 0.717) is 45.0 Å². The minimum absolute atomic E-state index is 0.00983. The van der Waals surface area contributed by atoms with Crippen molar-refractivity contribution in [2.45, 2.75) is 56.7 Å². The van der Waals surface area contributed by atoms with Crippen molar-refractivity contribution in [3.63, 3.8) is 0 Å². The number of aromatic nitrogens is 1. The van der Waals surface area contributed by atoms with E-state index in [9.17, 15) is 9.59 Å². The van der Waals surface area contributed by atoms with Crippen molar-refractivity contribution in [3.8, 4) is 5.75 Å². The Morgan fingerprint density at radius 1 is 1.17 bits per heavy atom. The number of likely N-dealkylation sites (tertiary alicyclic amines) is 1. The first-order chi connectivity index (χ1) is 14.2. The van der Waals surface area contributed by atoms with Gasteiger partial charge in [0.05, 0.1) is 26.0 Å². The summed E-state index contributed by atoms with van der Waals surface area (Å²) < 4.78 is 11.4. The quantitative estimate of drug-likeness (QED) is 0.830. The SMILES string of the molecule is O=C([C@H]1C[C@H](Oc2cccnc2)CN1C(=O)NC1CCCCC1)N1CCOCC1. The van der Waals surface area contributed by atoms with Crippen molar-refractivity contribution >= 4 is 11.9 Å². The number of nitrogens with zero attached hydrogens (tertiary/aromatic N) is 3. The minimum atomic E-state index is -0.502. The third-order valence-electron chi connectivity index (χ3n) is 6.00. The Balaban J connectivity index is 1.45. The maximum atomic E-state index is 13.2. The van der Waals surface area contributed by atoms with Gasteiger partial charge in [0, 0.05) is 31.7 Å². The Hall–Kier alpha value is -2.35. The minimum Gasteiger partial charge on any atom is -0.487 e. The van der Waals surface area contributed by atoms with Gasteiger partial charge in [0.1, 0.15) is 17.9 Å². The van der Waals surface area contributed by atoms with Crippen molar-refractivity contribution in [2.24, 2.45) is 0 Å². The second-order valence-electron chi connectivity index (χ2n) is 8.05. The number of hydrogen-bond donors (Lipinski definition) is 1. The van der Waals surface area contributed by atoms with Gasteiger partial charge in [0.2, 0.25) is 5.91 Å². The molecule has 1 aromatic heterocycles. The number of hydrogen-bond acceptors (Lipinski definition) is 5. The molecule has 0 aromatic carbocycles. The third-order valence-corrected chi connectivity index (χ3v) is 6.00. The second-order valence-corrected chi connectivity index (χ2v) is 8.05. The smallest absolute Gasteiger partial charge is 0.318 e. The normalized spacial score (nSPS) is 25.7. The van der Waals surface area contributed by atoms with Crippen LogP contribution in [0, 0.1) is 0 Å². The van der Waals surface area contributed by atoms with Crippen LogP contribution in [0.25, 0.3) is 0 Å². The van der Waals surface area contributed by atoms with Crippen molar-refractivity contribution in [1.82, 2.24) is 20.1 Å². The molecule has 3 amide bonds. The summed E-state index contributed by atoms with van der Waals surface area (Å²) in [7, 11) is 0. The van der Waals surface area contributed by atoms with Crippen LogP contribution >= 0.6 is 0 Å². The van der Waals surface area contributed by atoms with Crippen molar-refractivity contribution < 1.29 is 19.1 Å². The van der Waals surface area contributed by atoms with Gasteiger partial charge in [0.15, 0.2) is 0 Å². The van der Waals surface area contributed by atoms with Crippen molar-refractivity contribution in [2.75, 3.05) is 32.8 Å². The Bertz CT molecular complexity index is 689. The number of nitrogens with one attached hydrogen (secondary N) is 1. The predicted molar refractivity (Wildman–Crippen MR) is 107 cm³/mol. The topological polar surface area (TPSA) is 84.0 Å². The van der Waals surface area contributed by atoms with E-state index in [4.69, 9.17) is 9.47 Å². The molecule has 3 heterocycles. The zero-order valence-corrected chi connectivity index (χ0v) is 16.8. The maximum absolute atomic E-state index is 13.2. The first kappa shape index (κ1) is 19.9. The Morgan fingerprint density at radius 2 is 1.97 bits per heavy atom. The molecule has 0 unspecified atom stereocenters. The van der Waals surface area contributed by atoms with Gasteiger partial charge in [-0.15, -0.1) is 0 Å². The number of carbonyl (C=O) groups excluding carboxylic acids is 2. The first-order valence-corrected chi connectivity index (χ1v) is 10.7. The highest BCUT2D eigenvalue weighted by Gasteiger charge is 2.43. The average Bonchev–Trinajstić information content (AvgIpc) is 3.19. The lowest BCUT2D eigenvalue weighted by Crippen LogP contribution is -2.54. The van der Waals surface area contributed by atoms with Gasteiger partial charge in [-0.25, -0.2) is 4.79 Å². The van der Waals surface area contributed by atoms with Gasteiger partial charge in [-0.2, -0.15) is 0 Å². The van der Waals surface area contributed by atoms with E-state index >= 15 is 0 Å². The molecule has 0 bridgehead atoms. The number of morpholine rings is 1. The number of ether oxygens (including phenoxy) is 2. The lowest BCUT2D eigenvalue weighted by Gasteiger charge is -2.33. The Labute approximate surface area is 171 Å². The third kappa shape index (κ3) is 4.98. The predicted octanol–water partition coefficient (Wildman–Crippen LogP) is 1.80. The van der Waals surface area contributed by atoms with Gasteiger partial charge in [-0.1, -0.05) is 19.3 Å². The molecular formula is C21H30N4O4. The number of pyridine rings is 1. The molecule has 2 atom stereocenters. The van der Waals surface area contributed by atoms with Gasteiger partial charge in [-0.3, -0.25) is 9.78 Å². The van der Waals surface area contributed by atoms with E-state index in [-0.39, 0.29) is 24.1 Å². The lowest BCUT2D eigenvalue weighted by molar-refractivity contribution is -0.139. The first-order valence-electron chi connectivity index (χ1n) is 10.7. The molecule has 0 radical (unpaired) electrons. The molecule has 1 aromatic rings. The Kier molecular flexibility index (Phi) is 6.49. The Morgan fingerprint density at radius 3 is 2.69 bits per heavy atom. The molecule has 3 aliphatic rings. The summed E-state index contributed by atoms with van der Waals surface area (Å²) in [5, 5.41) is 3.16. The van der Waals surface area contributed by atoms with E-state index in [2.05, 4.69) is 10.3 Å². The van der Waals surface area contributed by atoms with Crippen LogP contribution in [0.4, 0.5) is 4.79 Å². The van der Waals surface area contributed by atoms with E-state index in [1.54, 1.807) is 17.3 Å². The van der Waals surface area contributed by atoms with Crippen LogP contribution in [0.1, 0.15) is 38.5 Å². The van der Waals surface area contributed by atoms with Crippen LogP contribution in [0.15, 0.2) is 24.5 Å². The standard InChI is InChI=1S/C21H30N4O4/c26-20(24-9-11-28-12-10-24)19-13-18(29-17-7-4-8-22-14-17)15-25(19)21(27)23-16-5-2-1-3-6-16/h4,7-8,14,16,18-19H,1-3,5-6,9-13,15H2,(H,23,27)/t18-,19+/m0/s1. The van der Waals surface area contributed by atoms with Crippen LogP contribution in [0.5, 0.6) is 5.75 Å². The summed E-state index contributed by atoms with van der Waals surface area (Å²) in [5.74, 6) is 0.647. The number of amides is 3. The molecule has 2 aliphatic heterocycles. The van der Waals surface area contributed by atoms with E-state index < -0.39 is 6.04 Å². The number of carbonyl (C=O) groups is 2. The fraction of sp³-hybridized carbons (Fsp3) is 0.667. The van der Waals surface area contributed by atoms with Gasteiger partial charge in [0.25, 0.3) is 0 Å². The summed E-state index contributed by atoms with van der Waals surface area (Å²) in [4.78, 5) is 33.8. The van der Waals surface area contributed by atoms with Crippen LogP contribution in [-0.2, 0) is 9.53 Å². The molecule has 3 fully saturated rings. The van der Waals surface area contributed by atoms with E-state index in [0.717, 1.165) is 25.7 Å². The van der Waals surface area contributed by atoms with Crippen molar-refractivity contribution in [3.05, 3.63) is 24.5 Å². The molecule has 1 N–H and O–H groups in total. The molecule has 158 valence electrons. The van der Waals surface area contributed by atoms with Crippen LogP contribution < -0.4 is 10.1 Å². The molecule has 29 heavy (non-hydrogen) atoms. The second kappa shape index (κ2) is 9.43. The monoisotopic (exact) mass is 402 g/mol. The van der Waals surface area contributed by atoms with Crippen LogP contribution in [-0.4, -0.2) is 77.8 Å². The zero-order chi connectivity index (χ0) is 20.1. The van der Waals surface area contributed by atoms with Gasteiger partial charge < -0.3 is 24.6 Å². The average molecular weight is 402 g/mol. The highest BCUT2D eigenvalue weighted by Crippen LogP contribution is 2.26. The fourth-order valence-corrected chi connectivity index (χ4v) is 4.45. The van der Waals surface area contributed by atoms with Crippen molar-refractivity contribution in [1.29, 1.82) is 0 Å². The van der Waals surface area contributed by atoms with Gasteiger partial charge in [-0.05, 0) is 25.0 Å². The molecule has 0 spiro atoms. The maximum Gasteiger partial charge on any atom is 0.318 e.